The van der Waals surface area contributed by atoms with Gasteiger partial charge < -0.3 is 9.88 Å². The summed E-state index contributed by atoms with van der Waals surface area (Å²) in [4.78, 5) is 15.8. The Hall–Kier alpha value is -2.29. The Morgan fingerprint density at radius 3 is 2.48 bits per heavy atom. The van der Waals surface area contributed by atoms with Crippen molar-refractivity contribution in [3.05, 3.63) is 66.0 Å². The molecule has 0 saturated heterocycles. The van der Waals surface area contributed by atoms with Crippen LogP contribution in [0.5, 0.6) is 0 Å². The maximum absolute atomic E-state index is 12.6. The van der Waals surface area contributed by atoms with Crippen molar-refractivity contribution < 1.29 is 4.79 Å². The quantitative estimate of drug-likeness (QED) is 0.444. The Labute approximate surface area is 192 Å². The highest BCUT2D eigenvalue weighted by Gasteiger charge is 2.22. The molecular formula is C23H29N5OS2. The van der Waals surface area contributed by atoms with E-state index in [9.17, 15) is 4.79 Å². The van der Waals surface area contributed by atoms with E-state index in [1.807, 2.05) is 48.7 Å². The van der Waals surface area contributed by atoms with Gasteiger partial charge in [0.2, 0.25) is 5.91 Å². The first kappa shape index (κ1) is 23.4. The summed E-state index contributed by atoms with van der Waals surface area (Å²) in [6.45, 7) is 2.82. The lowest BCUT2D eigenvalue weighted by Crippen LogP contribution is -2.23. The number of thioether (sulfide) groups is 2. The van der Waals surface area contributed by atoms with Gasteiger partial charge in [-0.1, -0.05) is 61.2 Å². The van der Waals surface area contributed by atoms with Crippen LogP contribution in [0.25, 0.3) is 0 Å². The molecule has 0 bridgehead atoms. The number of carbonyl (C=O) groups is 1. The molecule has 0 aliphatic heterocycles. The van der Waals surface area contributed by atoms with Crippen molar-refractivity contribution in [1.82, 2.24) is 19.7 Å². The highest BCUT2D eigenvalue weighted by molar-refractivity contribution is 7.99. The number of benzene rings is 2. The van der Waals surface area contributed by atoms with Gasteiger partial charge in [-0.25, -0.2) is 0 Å². The Bertz CT molecular complexity index is 991. The van der Waals surface area contributed by atoms with Crippen molar-refractivity contribution in [3.63, 3.8) is 0 Å². The van der Waals surface area contributed by atoms with E-state index in [0.717, 1.165) is 28.0 Å². The second kappa shape index (κ2) is 11.4. The monoisotopic (exact) mass is 455 g/mol. The maximum Gasteiger partial charge on any atom is 0.234 e. The summed E-state index contributed by atoms with van der Waals surface area (Å²) in [6, 6.07) is 18.3. The molecule has 0 radical (unpaired) electrons. The normalized spacial score (nSPS) is 12.2. The fraction of sp³-hybridized carbons (Fsp3) is 0.348. The SMILES string of the molecule is CCC(c1nnc(SCC(=O)Nc2ccccc2SC)n1Cc1ccccc1)N(C)C. The molecule has 164 valence electrons. The van der Waals surface area contributed by atoms with E-state index < -0.39 is 0 Å². The van der Waals surface area contributed by atoms with Gasteiger partial charge in [0.15, 0.2) is 11.0 Å². The summed E-state index contributed by atoms with van der Waals surface area (Å²) in [5.41, 5.74) is 2.02. The maximum atomic E-state index is 12.6. The molecule has 3 aromatic rings. The summed E-state index contributed by atoms with van der Waals surface area (Å²) in [5.74, 6) is 1.14. The van der Waals surface area contributed by atoms with E-state index >= 15 is 0 Å². The third kappa shape index (κ3) is 6.12. The smallest absolute Gasteiger partial charge is 0.234 e. The Balaban J connectivity index is 1.78. The van der Waals surface area contributed by atoms with Gasteiger partial charge in [0.25, 0.3) is 0 Å². The summed E-state index contributed by atoms with van der Waals surface area (Å²) in [7, 11) is 4.11. The molecule has 1 aromatic heterocycles. The number of rotatable bonds is 10. The molecule has 1 N–H and O–H groups in total. The zero-order chi connectivity index (χ0) is 22.2. The molecule has 2 aromatic carbocycles. The van der Waals surface area contributed by atoms with Crippen LogP contribution in [0.2, 0.25) is 0 Å². The number of hydrogen-bond donors (Lipinski definition) is 1. The first-order chi connectivity index (χ1) is 15.0. The van der Waals surface area contributed by atoms with E-state index in [0.29, 0.717) is 6.54 Å². The molecular weight excluding hydrogens is 426 g/mol. The minimum atomic E-state index is -0.0537. The van der Waals surface area contributed by atoms with Crippen molar-refractivity contribution in [2.75, 3.05) is 31.4 Å². The van der Waals surface area contributed by atoms with E-state index in [2.05, 4.69) is 58.1 Å². The van der Waals surface area contributed by atoms with E-state index in [1.54, 1.807) is 11.8 Å². The Kier molecular flexibility index (Phi) is 8.57. The van der Waals surface area contributed by atoms with Crippen LogP contribution in [0, 0.1) is 0 Å². The number of amides is 1. The minimum Gasteiger partial charge on any atom is -0.324 e. The van der Waals surface area contributed by atoms with Crippen molar-refractivity contribution in [2.24, 2.45) is 0 Å². The van der Waals surface area contributed by atoms with Crippen LogP contribution in [0.4, 0.5) is 5.69 Å². The van der Waals surface area contributed by atoms with E-state index in [4.69, 9.17) is 0 Å². The van der Waals surface area contributed by atoms with Gasteiger partial charge in [-0.05, 0) is 44.5 Å². The van der Waals surface area contributed by atoms with Crippen LogP contribution < -0.4 is 5.32 Å². The van der Waals surface area contributed by atoms with Crippen LogP contribution in [-0.4, -0.2) is 51.7 Å². The molecule has 31 heavy (non-hydrogen) atoms. The lowest BCUT2D eigenvalue weighted by Gasteiger charge is -2.23. The number of nitrogens with zero attached hydrogens (tertiary/aromatic N) is 4. The third-order valence-corrected chi connectivity index (χ3v) is 6.71. The zero-order valence-electron chi connectivity index (χ0n) is 18.4. The average molecular weight is 456 g/mol. The van der Waals surface area contributed by atoms with E-state index in [-0.39, 0.29) is 17.7 Å². The van der Waals surface area contributed by atoms with Gasteiger partial charge in [-0.3, -0.25) is 9.69 Å². The average Bonchev–Trinajstić information content (AvgIpc) is 3.15. The van der Waals surface area contributed by atoms with Crippen LogP contribution >= 0.6 is 23.5 Å². The summed E-state index contributed by atoms with van der Waals surface area (Å²) >= 11 is 3.03. The second-order valence-corrected chi connectivity index (χ2v) is 9.13. The Morgan fingerprint density at radius 1 is 1.10 bits per heavy atom. The number of anilines is 1. The molecule has 1 heterocycles. The predicted molar refractivity (Wildman–Crippen MR) is 130 cm³/mol. The molecule has 8 heteroatoms. The largest absolute Gasteiger partial charge is 0.324 e. The van der Waals surface area contributed by atoms with Crippen LogP contribution in [0.3, 0.4) is 0 Å². The lowest BCUT2D eigenvalue weighted by molar-refractivity contribution is -0.113. The Morgan fingerprint density at radius 2 is 1.81 bits per heavy atom. The zero-order valence-corrected chi connectivity index (χ0v) is 20.0. The molecule has 0 spiro atoms. The van der Waals surface area contributed by atoms with Crippen molar-refractivity contribution in [3.8, 4) is 0 Å². The van der Waals surface area contributed by atoms with Crippen LogP contribution in [-0.2, 0) is 11.3 Å². The molecule has 6 nitrogen and oxygen atoms in total. The highest BCUT2D eigenvalue weighted by atomic mass is 32.2. The minimum absolute atomic E-state index is 0.0537. The number of hydrogen-bond acceptors (Lipinski definition) is 6. The molecule has 0 saturated carbocycles. The fourth-order valence-electron chi connectivity index (χ4n) is 3.41. The number of aromatic nitrogens is 3. The second-order valence-electron chi connectivity index (χ2n) is 7.34. The van der Waals surface area contributed by atoms with Crippen molar-refractivity contribution in [1.29, 1.82) is 0 Å². The van der Waals surface area contributed by atoms with Gasteiger partial charge in [0.1, 0.15) is 0 Å². The van der Waals surface area contributed by atoms with Crippen LogP contribution in [0.15, 0.2) is 64.6 Å². The third-order valence-electron chi connectivity index (χ3n) is 4.95. The first-order valence-corrected chi connectivity index (χ1v) is 12.4. The molecule has 1 amide bonds. The standard InChI is InChI=1S/C23H29N5OS2/c1-5-19(27(2)3)22-25-26-23(28(22)15-17-11-7-6-8-12-17)31-16-21(29)24-18-13-9-10-14-20(18)30-4/h6-14,19H,5,15-16H2,1-4H3,(H,24,29). The molecule has 0 aliphatic carbocycles. The summed E-state index contributed by atoms with van der Waals surface area (Å²) in [6.07, 6.45) is 2.93. The summed E-state index contributed by atoms with van der Waals surface area (Å²) < 4.78 is 2.14. The van der Waals surface area contributed by atoms with Gasteiger partial charge in [0.05, 0.1) is 24.0 Å². The molecule has 0 fully saturated rings. The summed E-state index contributed by atoms with van der Waals surface area (Å²) in [5, 5.41) is 12.7. The molecule has 0 aliphatic rings. The highest BCUT2D eigenvalue weighted by Crippen LogP contribution is 2.27. The van der Waals surface area contributed by atoms with Gasteiger partial charge >= 0.3 is 0 Å². The number of para-hydroxylation sites is 1. The van der Waals surface area contributed by atoms with E-state index in [1.165, 1.54) is 17.3 Å². The first-order valence-electron chi connectivity index (χ1n) is 10.2. The van der Waals surface area contributed by atoms with Gasteiger partial charge in [0, 0.05) is 4.90 Å². The number of carbonyl (C=O) groups excluding carboxylic acids is 1. The topological polar surface area (TPSA) is 63.1 Å². The van der Waals surface area contributed by atoms with Crippen molar-refractivity contribution in [2.45, 2.75) is 36.0 Å². The lowest BCUT2D eigenvalue weighted by atomic mass is 10.2. The van der Waals surface area contributed by atoms with Crippen LogP contribution in [0.1, 0.15) is 30.8 Å². The number of nitrogens with one attached hydrogen (secondary N) is 1. The fourth-order valence-corrected chi connectivity index (χ4v) is 4.71. The molecule has 1 atom stereocenters. The van der Waals surface area contributed by atoms with Crippen molar-refractivity contribution >= 4 is 35.1 Å². The molecule has 1 unspecified atom stereocenters. The van der Waals surface area contributed by atoms with Gasteiger partial charge in [-0.2, -0.15) is 0 Å². The molecule has 3 rings (SSSR count). The van der Waals surface area contributed by atoms with Gasteiger partial charge in [-0.15, -0.1) is 22.0 Å². The predicted octanol–water partition coefficient (Wildman–Crippen LogP) is 4.79.